The Hall–Kier alpha value is 0.190. The Morgan fingerprint density at radius 2 is 2.31 bits per heavy atom. The summed E-state index contributed by atoms with van der Waals surface area (Å²) in [6.07, 6.45) is 0.812. The average molecular weight is 372 g/mol. The van der Waals surface area contributed by atoms with E-state index in [2.05, 4.69) is 41.8 Å². The first-order chi connectivity index (χ1) is 7.54. The van der Waals surface area contributed by atoms with Gasteiger partial charge < -0.3 is 5.32 Å². The number of nitrogens with one attached hydrogen (secondary N) is 1. The minimum absolute atomic E-state index is 0.00276. The van der Waals surface area contributed by atoms with Gasteiger partial charge in [-0.2, -0.15) is 0 Å². The van der Waals surface area contributed by atoms with Gasteiger partial charge in [0.2, 0.25) is 0 Å². The molecule has 1 amide bonds. The molecule has 0 fully saturated rings. The van der Waals surface area contributed by atoms with Gasteiger partial charge in [-0.15, -0.1) is 22.9 Å². The highest BCUT2D eigenvalue weighted by Gasteiger charge is 2.17. The fourth-order valence-corrected chi connectivity index (χ4v) is 2.93. The van der Waals surface area contributed by atoms with E-state index in [9.17, 15) is 4.79 Å². The maximum Gasteiger partial charge on any atom is 0.252 e. The summed E-state index contributed by atoms with van der Waals surface area (Å²) in [6.45, 7) is 4.18. The third-order valence-electron chi connectivity index (χ3n) is 2.37. The molecule has 0 spiro atoms. The Morgan fingerprint density at radius 3 is 2.75 bits per heavy atom. The monoisotopic (exact) mass is 371 g/mol. The van der Waals surface area contributed by atoms with Crippen LogP contribution in [0.15, 0.2) is 11.4 Å². The lowest BCUT2D eigenvalue weighted by Crippen LogP contribution is -2.38. The number of halogens is 2. The van der Waals surface area contributed by atoms with Crippen molar-refractivity contribution in [1.29, 1.82) is 0 Å². The lowest BCUT2D eigenvalue weighted by Gasteiger charge is -2.21. The highest BCUT2D eigenvalue weighted by Crippen LogP contribution is 2.17. The number of hydrogen-bond donors (Lipinski definition) is 1. The molecule has 0 bridgehead atoms. The molecule has 1 atom stereocenters. The minimum atomic E-state index is 0.00276. The van der Waals surface area contributed by atoms with E-state index < -0.39 is 0 Å². The maximum atomic E-state index is 11.9. The summed E-state index contributed by atoms with van der Waals surface area (Å²) < 4.78 is 1.13. The topological polar surface area (TPSA) is 29.1 Å². The van der Waals surface area contributed by atoms with E-state index in [1.807, 2.05) is 11.4 Å². The van der Waals surface area contributed by atoms with Crippen LogP contribution in [0.25, 0.3) is 0 Å². The fourth-order valence-electron chi connectivity index (χ4n) is 1.37. The molecule has 1 N–H and O–H groups in total. The third-order valence-corrected chi connectivity index (χ3v) is 4.38. The summed E-state index contributed by atoms with van der Waals surface area (Å²) in [5.41, 5.74) is 0.745. The third kappa shape index (κ3) is 4.22. The van der Waals surface area contributed by atoms with Gasteiger partial charge in [0.15, 0.2) is 0 Å². The van der Waals surface area contributed by atoms with E-state index in [0.29, 0.717) is 11.8 Å². The van der Waals surface area contributed by atoms with Crippen LogP contribution in [0.1, 0.15) is 30.6 Å². The molecule has 1 rings (SSSR count). The average Bonchev–Trinajstić information content (AvgIpc) is 2.64. The quantitative estimate of drug-likeness (QED) is 0.620. The van der Waals surface area contributed by atoms with E-state index in [-0.39, 0.29) is 11.9 Å². The zero-order valence-corrected chi connectivity index (χ0v) is 13.0. The summed E-state index contributed by atoms with van der Waals surface area (Å²) in [4.78, 5) is 11.9. The molecule has 2 nitrogen and oxygen atoms in total. The molecule has 1 aromatic heterocycles. The predicted octanol–water partition coefficient (Wildman–Crippen LogP) is 3.74. The predicted molar refractivity (Wildman–Crippen MR) is 78.5 cm³/mol. The molecule has 0 aliphatic rings. The second-order valence-electron chi connectivity index (χ2n) is 3.94. The van der Waals surface area contributed by atoms with Crippen LogP contribution in [-0.4, -0.2) is 17.8 Å². The number of hydrogen-bond acceptors (Lipinski definition) is 2. The van der Waals surface area contributed by atoms with Gasteiger partial charge in [0, 0.05) is 17.3 Å². The van der Waals surface area contributed by atoms with Gasteiger partial charge in [-0.25, -0.2) is 0 Å². The normalized spacial score (nSPS) is 12.8. The Kier molecular flexibility index (Phi) is 6.07. The van der Waals surface area contributed by atoms with Crippen molar-refractivity contribution in [2.75, 3.05) is 5.88 Å². The Labute approximate surface area is 119 Å². The molecule has 0 saturated carbocycles. The van der Waals surface area contributed by atoms with Crippen molar-refractivity contribution in [3.63, 3.8) is 0 Å². The van der Waals surface area contributed by atoms with E-state index in [1.54, 1.807) is 11.3 Å². The van der Waals surface area contributed by atoms with Crippen molar-refractivity contribution in [1.82, 2.24) is 5.32 Å². The first-order valence-corrected chi connectivity index (χ1v) is 7.64. The number of thiophene rings is 1. The molecule has 0 radical (unpaired) electrons. The van der Waals surface area contributed by atoms with Crippen LogP contribution in [0.5, 0.6) is 0 Å². The smallest absolute Gasteiger partial charge is 0.252 e. The van der Waals surface area contributed by atoms with Crippen LogP contribution in [0.4, 0.5) is 0 Å². The van der Waals surface area contributed by atoms with Crippen molar-refractivity contribution < 1.29 is 4.79 Å². The van der Waals surface area contributed by atoms with Crippen LogP contribution in [0.2, 0.25) is 0 Å². The summed E-state index contributed by atoms with van der Waals surface area (Å²) >= 11 is 9.52. The molecule has 1 heterocycles. The molecular formula is C11H15ClINOS. The Bertz CT molecular complexity index is 354. The van der Waals surface area contributed by atoms with Gasteiger partial charge >= 0.3 is 0 Å². The summed E-state index contributed by atoms with van der Waals surface area (Å²) in [6, 6.07) is 2.06. The Morgan fingerprint density at radius 1 is 1.62 bits per heavy atom. The molecule has 1 aromatic rings. The number of rotatable bonds is 5. The van der Waals surface area contributed by atoms with Crippen molar-refractivity contribution in [3.8, 4) is 0 Å². The number of carbonyl (C=O) groups is 1. The first kappa shape index (κ1) is 14.3. The van der Waals surface area contributed by atoms with Gasteiger partial charge in [-0.05, 0) is 41.0 Å². The van der Waals surface area contributed by atoms with Crippen LogP contribution < -0.4 is 5.32 Å². The van der Waals surface area contributed by atoms with Crippen molar-refractivity contribution >= 4 is 51.4 Å². The van der Waals surface area contributed by atoms with Crippen molar-refractivity contribution in [3.05, 3.63) is 19.9 Å². The minimum Gasteiger partial charge on any atom is -0.349 e. The van der Waals surface area contributed by atoms with Crippen molar-refractivity contribution in [2.24, 2.45) is 5.92 Å². The molecule has 1 unspecified atom stereocenters. The maximum absolute atomic E-state index is 11.9. The molecule has 16 heavy (non-hydrogen) atoms. The fraction of sp³-hybridized carbons (Fsp3) is 0.545. The molecule has 0 aromatic carbocycles. The largest absolute Gasteiger partial charge is 0.349 e. The highest BCUT2D eigenvalue weighted by molar-refractivity contribution is 14.1. The first-order valence-electron chi connectivity index (χ1n) is 5.15. The standard InChI is InChI=1S/C11H15ClINOS/c1-7(2)9(3-4-12)14-11(15)8-5-10(13)16-6-8/h5-7,9H,3-4H2,1-2H3,(H,14,15). The summed E-state index contributed by atoms with van der Waals surface area (Å²) in [7, 11) is 0. The van der Waals surface area contributed by atoms with E-state index in [1.165, 1.54) is 0 Å². The zero-order valence-electron chi connectivity index (χ0n) is 9.30. The van der Waals surface area contributed by atoms with Crippen molar-refractivity contribution in [2.45, 2.75) is 26.3 Å². The second kappa shape index (κ2) is 6.81. The molecule has 5 heteroatoms. The van der Waals surface area contributed by atoms with E-state index in [4.69, 9.17) is 11.6 Å². The zero-order chi connectivity index (χ0) is 12.1. The highest BCUT2D eigenvalue weighted by atomic mass is 127. The van der Waals surface area contributed by atoms with Crippen LogP contribution in [0.3, 0.4) is 0 Å². The SMILES string of the molecule is CC(C)C(CCCl)NC(=O)c1csc(I)c1. The van der Waals surface area contributed by atoms with Gasteiger partial charge in [0.1, 0.15) is 0 Å². The lowest BCUT2D eigenvalue weighted by atomic mass is 10.0. The molecule has 90 valence electrons. The lowest BCUT2D eigenvalue weighted by molar-refractivity contribution is 0.0925. The van der Waals surface area contributed by atoms with Gasteiger partial charge in [-0.1, -0.05) is 13.8 Å². The van der Waals surface area contributed by atoms with E-state index in [0.717, 1.165) is 14.9 Å². The molecular weight excluding hydrogens is 357 g/mol. The van der Waals surface area contributed by atoms with Gasteiger partial charge in [0.25, 0.3) is 5.91 Å². The Balaban J connectivity index is 2.61. The van der Waals surface area contributed by atoms with E-state index >= 15 is 0 Å². The number of carbonyl (C=O) groups excluding carboxylic acids is 1. The van der Waals surface area contributed by atoms with Crippen LogP contribution >= 0.6 is 45.5 Å². The summed E-state index contributed by atoms with van der Waals surface area (Å²) in [5.74, 6) is 0.980. The number of amides is 1. The summed E-state index contributed by atoms with van der Waals surface area (Å²) in [5, 5.41) is 4.91. The molecule has 0 aliphatic carbocycles. The van der Waals surface area contributed by atoms with Crippen LogP contribution in [-0.2, 0) is 0 Å². The molecule has 0 saturated heterocycles. The van der Waals surface area contributed by atoms with Gasteiger partial charge in [-0.3, -0.25) is 4.79 Å². The van der Waals surface area contributed by atoms with Gasteiger partial charge in [0.05, 0.1) is 8.45 Å². The second-order valence-corrected chi connectivity index (χ2v) is 7.12. The van der Waals surface area contributed by atoms with Crippen LogP contribution in [0, 0.1) is 8.80 Å². The number of alkyl halides is 1. The molecule has 0 aliphatic heterocycles.